The zero-order valence-electron chi connectivity index (χ0n) is 9.16. The van der Waals surface area contributed by atoms with E-state index in [1.807, 2.05) is 26.1 Å². The van der Waals surface area contributed by atoms with Crippen molar-refractivity contribution < 1.29 is 0 Å². The van der Waals surface area contributed by atoms with E-state index < -0.39 is 0 Å². The van der Waals surface area contributed by atoms with E-state index >= 15 is 0 Å². The Labute approximate surface area is 98.1 Å². The molecule has 0 unspecified atom stereocenters. The highest BCUT2D eigenvalue weighted by molar-refractivity contribution is 7.99. The lowest BCUT2D eigenvalue weighted by molar-refractivity contribution is 0.684. The van der Waals surface area contributed by atoms with Crippen molar-refractivity contribution in [1.82, 2.24) is 19.7 Å². The third-order valence-corrected chi connectivity index (χ3v) is 3.15. The van der Waals surface area contributed by atoms with Gasteiger partial charge < -0.3 is 5.73 Å². The average Bonchev–Trinajstić information content (AvgIpc) is 2.65. The van der Waals surface area contributed by atoms with Crippen LogP contribution in [0, 0.1) is 0 Å². The lowest BCUT2D eigenvalue weighted by Gasteiger charge is -2.05. The van der Waals surface area contributed by atoms with E-state index in [9.17, 15) is 0 Å². The smallest absolute Gasteiger partial charge is 0.192 e. The largest absolute Gasteiger partial charge is 0.324 e. The summed E-state index contributed by atoms with van der Waals surface area (Å²) < 4.78 is 1.71. The number of hydrogen-bond acceptors (Lipinski definition) is 5. The van der Waals surface area contributed by atoms with E-state index in [2.05, 4.69) is 15.1 Å². The van der Waals surface area contributed by atoms with Crippen molar-refractivity contribution in [3.8, 4) is 0 Å². The van der Waals surface area contributed by atoms with Gasteiger partial charge in [0.2, 0.25) is 0 Å². The van der Waals surface area contributed by atoms with Gasteiger partial charge in [-0.15, -0.1) is 0 Å². The second kappa shape index (κ2) is 4.63. The maximum Gasteiger partial charge on any atom is 0.192 e. The minimum absolute atomic E-state index is 0.0152. The summed E-state index contributed by atoms with van der Waals surface area (Å²) in [6.45, 7) is 1.94. The van der Waals surface area contributed by atoms with Gasteiger partial charge >= 0.3 is 0 Å². The molecule has 0 aliphatic carbocycles. The number of aryl methyl sites for hydroxylation is 1. The monoisotopic (exact) mass is 235 g/mol. The van der Waals surface area contributed by atoms with Gasteiger partial charge in [-0.3, -0.25) is 0 Å². The number of hydrogen-bond donors (Lipinski definition) is 1. The molecule has 2 rings (SSSR count). The van der Waals surface area contributed by atoms with Crippen molar-refractivity contribution in [3.05, 3.63) is 30.2 Å². The Hall–Kier alpha value is -1.40. The molecule has 0 fully saturated rings. The fourth-order valence-electron chi connectivity index (χ4n) is 1.19. The molecule has 0 spiro atoms. The first-order valence-corrected chi connectivity index (χ1v) is 5.72. The van der Waals surface area contributed by atoms with Crippen molar-refractivity contribution in [2.24, 2.45) is 12.8 Å². The van der Waals surface area contributed by atoms with Crippen LogP contribution in [0.1, 0.15) is 18.5 Å². The van der Waals surface area contributed by atoms with Crippen molar-refractivity contribution >= 4 is 11.8 Å². The van der Waals surface area contributed by atoms with Crippen LogP contribution in [0.3, 0.4) is 0 Å². The standard InChI is InChI=1S/C10H13N5S/c1-7(11)8-3-4-9(12-5-8)16-10-13-6-14-15(10)2/h3-7H,11H2,1-2H3/t7-/m0/s1. The van der Waals surface area contributed by atoms with E-state index in [0.717, 1.165) is 15.7 Å². The van der Waals surface area contributed by atoms with Gasteiger partial charge in [-0.25, -0.2) is 14.6 Å². The van der Waals surface area contributed by atoms with Crippen LogP contribution < -0.4 is 5.73 Å². The summed E-state index contributed by atoms with van der Waals surface area (Å²) in [7, 11) is 1.85. The molecule has 0 amide bonds. The van der Waals surface area contributed by atoms with Crippen molar-refractivity contribution in [2.45, 2.75) is 23.1 Å². The second-order valence-electron chi connectivity index (χ2n) is 3.49. The van der Waals surface area contributed by atoms with Crippen LogP contribution in [0.4, 0.5) is 0 Å². The number of nitrogens with two attached hydrogens (primary N) is 1. The summed E-state index contributed by atoms with van der Waals surface area (Å²) >= 11 is 1.48. The quantitative estimate of drug-likeness (QED) is 0.870. The molecule has 0 radical (unpaired) electrons. The number of nitrogens with zero attached hydrogens (tertiary/aromatic N) is 4. The van der Waals surface area contributed by atoms with Gasteiger partial charge in [0.1, 0.15) is 11.4 Å². The molecule has 2 N–H and O–H groups in total. The zero-order valence-corrected chi connectivity index (χ0v) is 9.98. The first-order valence-electron chi connectivity index (χ1n) is 4.90. The molecule has 2 heterocycles. The van der Waals surface area contributed by atoms with E-state index in [4.69, 9.17) is 5.73 Å². The predicted molar refractivity (Wildman–Crippen MR) is 62.0 cm³/mol. The van der Waals surface area contributed by atoms with Gasteiger partial charge in [0.15, 0.2) is 5.16 Å². The van der Waals surface area contributed by atoms with Crippen LogP contribution in [0.15, 0.2) is 34.8 Å². The minimum atomic E-state index is 0.0152. The predicted octanol–water partition coefficient (Wildman–Crippen LogP) is 1.38. The zero-order chi connectivity index (χ0) is 11.5. The van der Waals surface area contributed by atoms with E-state index in [1.54, 1.807) is 10.9 Å². The molecule has 5 nitrogen and oxygen atoms in total. The van der Waals surface area contributed by atoms with Gasteiger partial charge in [-0.2, -0.15) is 5.10 Å². The van der Waals surface area contributed by atoms with Gasteiger partial charge in [-0.05, 0) is 30.3 Å². The highest BCUT2D eigenvalue weighted by Crippen LogP contribution is 2.23. The van der Waals surface area contributed by atoms with Crippen molar-refractivity contribution in [1.29, 1.82) is 0 Å². The molecule has 0 aromatic carbocycles. The van der Waals surface area contributed by atoms with E-state index in [1.165, 1.54) is 18.1 Å². The molecule has 0 aliphatic heterocycles. The van der Waals surface area contributed by atoms with E-state index in [-0.39, 0.29) is 6.04 Å². The number of pyridine rings is 1. The molecule has 0 aliphatic rings. The number of aromatic nitrogens is 4. The summed E-state index contributed by atoms with van der Waals surface area (Å²) in [6.07, 6.45) is 3.32. The first kappa shape index (κ1) is 11.1. The third-order valence-electron chi connectivity index (χ3n) is 2.15. The fourth-order valence-corrected chi connectivity index (χ4v) is 1.90. The Morgan fingerprint density at radius 3 is 2.69 bits per heavy atom. The van der Waals surface area contributed by atoms with Crippen LogP contribution >= 0.6 is 11.8 Å². The Morgan fingerprint density at radius 1 is 1.38 bits per heavy atom. The van der Waals surface area contributed by atoms with Crippen LogP contribution in [0.25, 0.3) is 0 Å². The summed E-state index contributed by atoms with van der Waals surface area (Å²) in [6, 6.07) is 3.94. The molecular weight excluding hydrogens is 222 g/mol. The lowest BCUT2D eigenvalue weighted by atomic mass is 10.2. The summed E-state index contributed by atoms with van der Waals surface area (Å²) in [5.74, 6) is 0. The van der Waals surface area contributed by atoms with Crippen LogP contribution in [0.2, 0.25) is 0 Å². The molecule has 6 heteroatoms. The Bertz CT molecular complexity index is 462. The average molecular weight is 235 g/mol. The van der Waals surface area contributed by atoms with Crippen LogP contribution in [-0.2, 0) is 7.05 Å². The Balaban J connectivity index is 2.14. The van der Waals surface area contributed by atoms with Gasteiger partial charge in [0, 0.05) is 19.3 Å². The SMILES string of the molecule is C[C@H](N)c1ccc(Sc2ncnn2C)nc1. The Morgan fingerprint density at radius 2 is 2.19 bits per heavy atom. The van der Waals surface area contributed by atoms with Gasteiger partial charge in [0.25, 0.3) is 0 Å². The topological polar surface area (TPSA) is 69.6 Å². The highest BCUT2D eigenvalue weighted by atomic mass is 32.2. The molecule has 0 saturated carbocycles. The fraction of sp³-hybridized carbons (Fsp3) is 0.300. The molecule has 84 valence electrons. The summed E-state index contributed by atoms with van der Waals surface area (Å²) in [4.78, 5) is 8.44. The Kier molecular flexibility index (Phi) is 3.21. The lowest BCUT2D eigenvalue weighted by Crippen LogP contribution is -2.05. The molecule has 2 aromatic heterocycles. The third kappa shape index (κ3) is 2.40. The van der Waals surface area contributed by atoms with Crippen LogP contribution in [0.5, 0.6) is 0 Å². The number of rotatable bonds is 3. The molecule has 1 atom stereocenters. The van der Waals surface area contributed by atoms with E-state index in [0.29, 0.717) is 0 Å². The molecule has 0 bridgehead atoms. The summed E-state index contributed by atoms with van der Waals surface area (Å²) in [5.41, 5.74) is 6.78. The second-order valence-corrected chi connectivity index (χ2v) is 4.47. The van der Waals surface area contributed by atoms with Crippen LogP contribution in [-0.4, -0.2) is 19.7 Å². The van der Waals surface area contributed by atoms with Gasteiger partial charge in [-0.1, -0.05) is 6.07 Å². The minimum Gasteiger partial charge on any atom is -0.324 e. The highest BCUT2D eigenvalue weighted by Gasteiger charge is 2.05. The normalized spacial score (nSPS) is 12.7. The van der Waals surface area contributed by atoms with Crippen molar-refractivity contribution in [2.75, 3.05) is 0 Å². The van der Waals surface area contributed by atoms with Gasteiger partial charge in [0.05, 0.1) is 0 Å². The molecular formula is C10H13N5S. The molecule has 2 aromatic rings. The molecule has 16 heavy (non-hydrogen) atoms. The first-order chi connectivity index (χ1) is 7.66. The summed E-state index contributed by atoms with van der Waals surface area (Å²) in [5, 5.41) is 5.71. The van der Waals surface area contributed by atoms with Crippen molar-refractivity contribution in [3.63, 3.8) is 0 Å². The maximum absolute atomic E-state index is 5.75. The molecule has 0 saturated heterocycles. The maximum atomic E-state index is 5.75.